The Balaban J connectivity index is 0.00000417. The average molecular weight is 722 g/mol. The van der Waals surface area contributed by atoms with Crippen molar-refractivity contribution in [3.8, 4) is 0 Å². The predicted molar refractivity (Wildman–Crippen MR) is 175 cm³/mol. The van der Waals surface area contributed by atoms with E-state index in [0.29, 0.717) is 50.3 Å². The summed E-state index contributed by atoms with van der Waals surface area (Å²) >= 11 is 0. The second kappa shape index (κ2) is 20.9. The van der Waals surface area contributed by atoms with E-state index in [0.717, 1.165) is 24.2 Å². The minimum absolute atomic E-state index is 0. The van der Waals surface area contributed by atoms with Crippen molar-refractivity contribution in [2.24, 2.45) is 0 Å². The maximum atomic E-state index is 13.0. The van der Waals surface area contributed by atoms with Gasteiger partial charge in [-0.05, 0) is 49.2 Å². The molecule has 3 heterocycles. The molecule has 0 bridgehead atoms. The maximum Gasteiger partial charge on any atom is 2.00 e. The molecule has 3 aromatic heterocycles. The number of aliphatic carboxylic acids is 3. The number of carboxylic acid groups (broad SMARTS) is 3. The van der Waals surface area contributed by atoms with Crippen LogP contribution in [0, 0.1) is 0 Å². The number of carbonyl (C=O) groups excluding carboxylic acids is 1. The Hall–Kier alpha value is -4.31. The molecular formula is C33H44MnN7O8+3. The van der Waals surface area contributed by atoms with Gasteiger partial charge in [-0.1, -0.05) is 25.0 Å². The van der Waals surface area contributed by atoms with E-state index in [2.05, 4.69) is 25.2 Å². The molecule has 0 aliphatic heterocycles. The van der Waals surface area contributed by atoms with E-state index in [1.807, 2.05) is 36.4 Å². The number of hydrogen-bond acceptors (Lipinski definition) is 10. The minimum atomic E-state index is -1.15. The van der Waals surface area contributed by atoms with Gasteiger partial charge in [0.1, 0.15) is 0 Å². The van der Waals surface area contributed by atoms with Crippen molar-refractivity contribution in [3.05, 3.63) is 89.8 Å². The van der Waals surface area contributed by atoms with Crippen LogP contribution in [-0.4, -0.2) is 114 Å². The summed E-state index contributed by atoms with van der Waals surface area (Å²) in [6.45, 7) is 0.995. The number of hydrogen-bond donors (Lipinski definition) is 4. The molecule has 0 spiro atoms. The quantitative estimate of drug-likeness (QED) is 0.107. The molecule has 2 atom stereocenters. The van der Waals surface area contributed by atoms with Crippen LogP contribution in [0.25, 0.3) is 0 Å². The van der Waals surface area contributed by atoms with Crippen molar-refractivity contribution >= 4 is 23.8 Å². The predicted octanol–water partition coefficient (Wildman–Crippen LogP) is 1.05. The fourth-order valence-corrected chi connectivity index (χ4v) is 5.99. The summed E-state index contributed by atoms with van der Waals surface area (Å²) in [5, 5.41) is 31.4. The van der Waals surface area contributed by atoms with Gasteiger partial charge in [0.2, 0.25) is 0 Å². The fraction of sp³-hybridized carbons (Fsp3) is 0.424. The molecule has 7 N–H and O–H groups in total. The van der Waals surface area contributed by atoms with Crippen LogP contribution in [0.1, 0.15) is 53.1 Å². The van der Waals surface area contributed by atoms with Gasteiger partial charge < -0.3 is 26.1 Å². The third-order valence-electron chi connectivity index (χ3n) is 8.04. The van der Waals surface area contributed by atoms with Crippen LogP contribution >= 0.6 is 0 Å². The Morgan fingerprint density at radius 3 is 1.67 bits per heavy atom. The van der Waals surface area contributed by atoms with Gasteiger partial charge in [0.25, 0.3) is 5.91 Å². The van der Waals surface area contributed by atoms with Gasteiger partial charge in [0.05, 0.1) is 42.3 Å². The third-order valence-corrected chi connectivity index (χ3v) is 8.04. The number of aromatic nitrogens is 3. The van der Waals surface area contributed by atoms with Crippen LogP contribution in [0.2, 0.25) is 0 Å². The van der Waals surface area contributed by atoms with Crippen molar-refractivity contribution in [1.29, 1.82) is 0 Å². The van der Waals surface area contributed by atoms with Gasteiger partial charge in [0, 0.05) is 63.4 Å². The molecule has 2 unspecified atom stereocenters. The van der Waals surface area contributed by atoms with Crippen molar-refractivity contribution in [2.75, 3.05) is 32.7 Å². The monoisotopic (exact) mass is 721 g/mol. The molecule has 3 aromatic rings. The molecular weight excluding hydrogens is 677 g/mol. The Morgan fingerprint density at radius 1 is 0.694 bits per heavy atom. The summed E-state index contributed by atoms with van der Waals surface area (Å²) in [7, 11) is 0. The van der Waals surface area contributed by atoms with E-state index in [9.17, 15) is 34.5 Å². The Morgan fingerprint density at radius 2 is 1.20 bits per heavy atom. The first-order valence-corrected chi connectivity index (χ1v) is 15.6. The molecule has 1 saturated carbocycles. The van der Waals surface area contributed by atoms with E-state index >= 15 is 0 Å². The topological polar surface area (TPSA) is 222 Å². The standard InChI is InChI=1S/C33H41N7O7.Mn.H2O/c41-30(42)21-39(28-9-1-2-10-29(28)40(22-31(43)44)23-32(45)46)20-27-12-11-24(17-37-27)33(47)36-15-16-38(18-25-7-3-5-13-34-25)19-26-8-4-6-14-35-26;;/h3-8,11-14,17,28-29H,1-2,9-10,15-16,18-23H2,(H,36,47)(H,41,42)(H,43,44)(H,45,46);;1H2/q;+2;/p+1. The number of amides is 1. The van der Waals surface area contributed by atoms with Gasteiger partial charge in [0.15, 0.2) is 0 Å². The SMILES string of the molecule is O=C(O)CN(CC(=O)O)C1CCCCC1N(CC(=O)O)Cc1ccc(C(=O)NCCN(Cc2ccccn2)Cc2ccccn2)cn1.[Mn+2].[OH3+]. The van der Waals surface area contributed by atoms with Gasteiger partial charge >= 0.3 is 35.0 Å². The number of carbonyl (C=O) groups is 4. The smallest absolute Gasteiger partial charge is 0.480 e. The van der Waals surface area contributed by atoms with Gasteiger partial charge in [-0.25, -0.2) is 0 Å². The summed E-state index contributed by atoms with van der Waals surface area (Å²) in [5.41, 5.74) is 2.70. The van der Waals surface area contributed by atoms with Gasteiger partial charge in [-0.2, -0.15) is 0 Å². The van der Waals surface area contributed by atoms with Crippen molar-refractivity contribution in [2.45, 2.75) is 57.4 Å². The molecule has 0 aromatic carbocycles. The molecule has 15 nitrogen and oxygen atoms in total. The molecule has 1 aliphatic rings. The summed E-state index contributed by atoms with van der Waals surface area (Å²) < 4.78 is 0. The van der Waals surface area contributed by atoms with Crippen LogP contribution in [-0.2, 0) is 56.6 Å². The molecule has 4 rings (SSSR count). The second-order valence-electron chi connectivity index (χ2n) is 11.6. The first kappa shape index (κ1) is 40.9. The summed E-state index contributed by atoms with van der Waals surface area (Å²) in [4.78, 5) is 66.4. The normalized spacial score (nSPS) is 15.7. The Kier molecular flexibility index (Phi) is 17.4. The minimum Gasteiger partial charge on any atom is -0.480 e. The Labute approximate surface area is 295 Å². The average Bonchev–Trinajstić information content (AvgIpc) is 3.05. The van der Waals surface area contributed by atoms with Crippen molar-refractivity contribution in [1.82, 2.24) is 35.0 Å². The number of carboxylic acids is 3. The zero-order valence-electron chi connectivity index (χ0n) is 27.1. The van der Waals surface area contributed by atoms with E-state index in [4.69, 9.17) is 0 Å². The van der Waals surface area contributed by atoms with E-state index in [1.165, 1.54) is 11.1 Å². The number of nitrogens with zero attached hydrogens (tertiary/aromatic N) is 6. The Bertz CT molecular complexity index is 1410. The van der Waals surface area contributed by atoms with Gasteiger partial charge in [-0.15, -0.1) is 0 Å². The third kappa shape index (κ3) is 13.6. The number of pyridine rings is 3. The number of rotatable bonds is 18. The molecule has 49 heavy (non-hydrogen) atoms. The molecule has 1 amide bonds. The summed E-state index contributed by atoms with van der Waals surface area (Å²) in [6.07, 6.45) is 7.66. The largest absolute Gasteiger partial charge is 2.00 e. The second-order valence-corrected chi connectivity index (χ2v) is 11.6. The van der Waals surface area contributed by atoms with E-state index < -0.39 is 37.0 Å². The fourth-order valence-electron chi connectivity index (χ4n) is 5.99. The van der Waals surface area contributed by atoms with Crippen molar-refractivity contribution in [3.63, 3.8) is 0 Å². The molecule has 16 heteroatoms. The van der Waals surface area contributed by atoms with Crippen LogP contribution in [0.15, 0.2) is 67.1 Å². The van der Waals surface area contributed by atoms with Crippen LogP contribution in [0.4, 0.5) is 0 Å². The zero-order chi connectivity index (χ0) is 33.6. The van der Waals surface area contributed by atoms with Crippen molar-refractivity contribution < 1.29 is 57.0 Å². The maximum absolute atomic E-state index is 13.0. The first-order valence-electron chi connectivity index (χ1n) is 15.6. The summed E-state index contributed by atoms with van der Waals surface area (Å²) in [6, 6.07) is 14.0. The molecule has 263 valence electrons. The zero-order valence-corrected chi connectivity index (χ0v) is 28.3. The number of nitrogens with one attached hydrogen (secondary N) is 1. The molecule has 1 fully saturated rings. The van der Waals surface area contributed by atoms with E-state index in [-0.39, 0.29) is 47.6 Å². The molecule has 1 radical (unpaired) electrons. The van der Waals surface area contributed by atoms with E-state index in [1.54, 1.807) is 29.4 Å². The first-order chi connectivity index (χ1) is 22.7. The van der Waals surface area contributed by atoms with Crippen LogP contribution in [0.3, 0.4) is 0 Å². The molecule has 0 saturated heterocycles. The van der Waals surface area contributed by atoms with Gasteiger partial charge in [-0.3, -0.25) is 48.8 Å². The van der Waals surface area contributed by atoms with Crippen LogP contribution in [0.5, 0.6) is 0 Å². The molecule has 1 aliphatic carbocycles. The summed E-state index contributed by atoms with van der Waals surface area (Å²) in [5.74, 6) is -3.66. The van der Waals surface area contributed by atoms with Crippen LogP contribution < -0.4 is 5.32 Å².